The van der Waals surface area contributed by atoms with Gasteiger partial charge in [0.05, 0.1) is 0 Å². The van der Waals surface area contributed by atoms with Crippen LogP contribution in [0.4, 0.5) is 0 Å². The van der Waals surface area contributed by atoms with E-state index < -0.39 is 0 Å². The minimum absolute atomic E-state index is 0.890. The van der Waals surface area contributed by atoms with Gasteiger partial charge in [0.2, 0.25) is 0 Å². The molecule has 1 aromatic carbocycles. The summed E-state index contributed by atoms with van der Waals surface area (Å²) in [4.78, 5) is 0. The lowest BCUT2D eigenvalue weighted by molar-refractivity contribution is 1.30. The normalized spacial score (nSPS) is 10.7. The summed E-state index contributed by atoms with van der Waals surface area (Å²) < 4.78 is 0.890. The third kappa shape index (κ3) is 3.60. The van der Waals surface area contributed by atoms with Gasteiger partial charge >= 0.3 is 0 Å². The Kier molecular flexibility index (Phi) is 4.22. The molecular weight excluding hydrogens is 248 g/mol. The molecule has 15 heavy (non-hydrogen) atoms. The largest absolute Gasteiger partial charge is 0.180 e. The number of halogens is 1. The zero-order valence-corrected chi connectivity index (χ0v) is 11.1. The second kappa shape index (κ2) is 5.22. The van der Waals surface area contributed by atoms with E-state index in [1.165, 1.54) is 22.3 Å². The summed E-state index contributed by atoms with van der Waals surface area (Å²) in [5, 5.41) is 0. The highest BCUT2D eigenvalue weighted by Crippen LogP contribution is 2.18. The fourth-order valence-electron chi connectivity index (χ4n) is 1.70. The number of benzene rings is 1. The third-order valence-electron chi connectivity index (χ3n) is 2.28. The van der Waals surface area contributed by atoms with Gasteiger partial charge in [-0.1, -0.05) is 54.8 Å². The Morgan fingerprint density at radius 2 is 1.80 bits per heavy atom. The smallest absolute Gasteiger partial charge is 0.0398 e. The molecule has 0 aliphatic heterocycles. The molecular formula is C14H16Br-. The first-order chi connectivity index (χ1) is 7.00. The highest BCUT2D eigenvalue weighted by molar-refractivity contribution is 9.11. The molecule has 0 aliphatic rings. The molecule has 0 nitrogen and oxygen atoms in total. The van der Waals surface area contributed by atoms with E-state index in [-0.39, 0.29) is 0 Å². The SMILES string of the molecule is C=C(Br)[CH-]/C=C/c1c(C)cc(C)cc1C. The van der Waals surface area contributed by atoms with Crippen molar-refractivity contribution in [2.24, 2.45) is 0 Å². The van der Waals surface area contributed by atoms with Crippen LogP contribution in [0.15, 0.2) is 29.3 Å². The maximum absolute atomic E-state index is 3.76. The van der Waals surface area contributed by atoms with Gasteiger partial charge in [-0.2, -0.15) is 25.2 Å². The van der Waals surface area contributed by atoms with Gasteiger partial charge in [0.1, 0.15) is 0 Å². The average molecular weight is 264 g/mol. The van der Waals surface area contributed by atoms with Crippen molar-refractivity contribution in [2.45, 2.75) is 20.8 Å². The summed E-state index contributed by atoms with van der Waals surface area (Å²) in [5.41, 5.74) is 5.25. The van der Waals surface area contributed by atoms with Crippen molar-refractivity contribution >= 4 is 22.0 Å². The van der Waals surface area contributed by atoms with Gasteiger partial charge in [-0.25, -0.2) is 0 Å². The van der Waals surface area contributed by atoms with Crippen LogP contribution >= 0.6 is 15.9 Å². The fourth-order valence-corrected chi connectivity index (χ4v) is 1.86. The van der Waals surface area contributed by atoms with Crippen molar-refractivity contribution in [3.63, 3.8) is 0 Å². The number of hydrogen-bond acceptors (Lipinski definition) is 0. The zero-order valence-electron chi connectivity index (χ0n) is 9.47. The van der Waals surface area contributed by atoms with Crippen LogP contribution in [0.1, 0.15) is 22.3 Å². The van der Waals surface area contributed by atoms with Crippen LogP contribution < -0.4 is 0 Å². The molecule has 0 atom stereocenters. The van der Waals surface area contributed by atoms with E-state index in [0.29, 0.717) is 0 Å². The molecule has 0 aliphatic carbocycles. The Morgan fingerprint density at radius 3 is 2.27 bits per heavy atom. The topological polar surface area (TPSA) is 0 Å². The lowest BCUT2D eigenvalue weighted by atomic mass is 9.99. The van der Waals surface area contributed by atoms with Gasteiger partial charge in [0.25, 0.3) is 0 Å². The summed E-state index contributed by atoms with van der Waals surface area (Å²) in [7, 11) is 0. The molecule has 0 bridgehead atoms. The maximum Gasteiger partial charge on any atom is -0.0398 e. The summed E-state index contributed by atoms with van der Waals surface area (Å²) in [6.07, 6.45) is 6.08. The van der Waals surface area contributed by atoms with E-state index in [4.69, 9.17) is 0 Å². The lowest BCUT2D eigenvalue weighted by Crippen LogP contribution is -1.88. The maximum atomic E-state index is 3.76. The van der Waals surface area contributed by atoms with E-state index in [9.17, 15) is 0 Å². The van der Waals surface area contributed by atoms with E-state index in [2.05, 4.69) is 61.5 Å². The van der Waals surface area contributed by atoms with Crippen molar-refractivity contribution < 1.29 is 0 Å². The monoisotopic (exact) mass is 263 g/mol. The first kappa shape index (κ1) is 12.1. The van der Waals surface area contributed by atoms with Crippen LogP contribution in [0.25, 0.3) is 6.08 Å². The van der Waals surface area contributed by atoms with Gasteiger partial charge in [0, 0.05) is 0 Å². The van der Waals surface area contributed by atoms with Crippen LogP contribution in [0.2, 0.25) is 0 Å². The molecule has 1 rings (SSSR count). The first-order valence-electron chi connectivity index (χ1n) is 4.94. The fraction of sp³-hybridized carbons (Fsp3) is 0.214. The van der Waals surface area contributed by atoms with Crippen LogP contribution in [0, 0.1) is 27.2 Å². The average Bonchev–Trinajstić information content (AvgIpc) is 2.08. The Balaban J connectivity index is 2.94. The third-order valence-corrected chi connectivity index (χ3v) is 2.54. The molecule has 0 unspecified atom stereocenters. The molecule has 80 valence electrons. The van der Waals surface area contributed by atoms with Gasteiger partial charge in [-0.05, 0) is 20.8 Å². The highest BCUT2D eigenvalue weighted by atomic mass is 79.9. The van der Waals surface area contributed by atoms with Gasteiger partial charge in [-0.3, -0.25) is 0 Å². The zero-order chi connectivity index (χ0) is 11.4. The standard InChI is InChI=1S/C14H16Br/c1-10-8-11(2)14(12(3)9-10)7-5-6-13(4)15/h5-9H,4H2,1-3H3/q-1/b7-5+. The number of rotatable bonds is 3. The Morgan fingerprint density at radius 1 is 1.27 bits per heavy atom. The van der Waals surface area contributed by atoms with Crippen molar-refractivity contribution in [1.29, 1.82) is 0 Å². The molecule has 0 saturated heterocycles. The molecule has 0 aromatic heterocycles. The lowest BCUT2D eigenvalue weighted by Gasteiger charge is -2.10. The van der Waals surface area contributed by atoms with Crippen molar-refractivity contribution in [3.05, 3.63) is 57.9 Å². The van der Waals surface area contributed by atoms with Crippen molar-refractivity contribution in [2.75, 3.05) is 0 Å². The highest BCUT2D eigenvalue weighted by Gasteiger charge is 1.96. The molecule has 0 radical (unpaired) electrons. The molecule has 0 saturated carbocycles. The number of aryl methyl sites for hydroxylation is 3. The molecule has 0 spiro atoms. The molecule has 0 heterocycles. The number of hydrogen-bond donors (Lipinski definition) is 0. The summed E-state index contributed by atoms with van der Waals surface area (Å²) in [6.45, 7) is 10.2. The quantitative estimate of drug-likeness (QED) is 0.692. The van der Waals surface area contributed by atoms with Crippen molar-refractivity contribution in [3.8, 4) is 0 Å². The predicted octanol–water partition coefficient (Wildman–Crippen LogP) is 4.74. The second-order valence-corrected chi connectivity index (χ2v) is 4.80. The first-order valence-corrected chi connectivity index (χ1v) is 5.73. The predicted molar refractivity (Wildman–Crippen MR) is 72.1 cm³/mol. The molecule has 1 heteroatoms. The van der Waals surface area contributed by atoms with Crippen LogP contribution in [0.3, 0.4) is 0 Å². The van der Waals surface area contributed by atoms with Gasteiger partial charge in [-0.15, -0.1) is 0 Å². The molecule has 1 aromatic rings. The van der Waals surface area contributed by atoms with E-state index in [1.54, 1.807) is 0 Å². The Hall–Kier alpha value is -0.950. The minimum atomic E-state index is 0.890. The summed E-state index contributed by atoms with van der Waals surface area (Å²) >= 11 is 3.30. The van der Waals surface area contributed by atoms with Gasteiger partial charge in [0.15, 0.2) is 0 Å². The van der Waals surface area contributed by atoms with Crippen molar-refractivity contribution in [1.82, 2.24) is 0 Å². The van der Waals surface area contributed by atoms with E-state index in [1.807, 2.05) is 12.5 Å². The second-order valence-electron chi connectivity index (χ2n) is 3.79. The van der Waals surface area contributed by atoms with Crippen LogP contribution in [-0.4, -0.2) is 0 Å². The molecule has 0 amide bonds. The number of allylic oxidation sites excluding steroid dienone is 2. The Bertz CT molecular complexity index is 377. The van der Waals surface area contributed by atoms with Crippen LogP contribution in [0.5, 0.6) is 0 Å². The summed E-state index contributed by atoms with van der Waals surface area (Å²) in [5.74, 6) is 0. The minimum Gasteiger partial charge on any atom is -0.180 e. The van der Waals surface area contributed by atoms with E-state index in [0.717, 1.165) is 4.48 Å². The van der Waals surface area contributed by atoms with E-state index >= 15 is 0 Å². The van der Waals surface area contributed by atoms with Gasteiger partial charge < -0.3 is 0 Å². The molecule has 0 fully saturated rings. The van der Waals surface area contributed by atoms with Crippen LogP contribution in [-0.2, 0) is 0 Å². The Labute approximate surface area is 101 Å². The molecule has 0 N–H and O–H groups in total. The summed E-state index contributed by atoms with van der Waals surface area (Å²) in [6, 6.07) is 4.41.